The van der Waals surface area contributed by atoms with E-state index >= 15 is 0 Å². The van der Waals surface area contributed by atoms with Crippen molar-refractivity contribution in [2.45, 2.75) is 31.5 Å². The van der Waals surface area contributed by atoms with Gasteiger partial charge in [-0.1, -0.05) is 6.08 Å². The monoisotopic (exact) mass is 451 g/mol. The molecule has 1 aromatic carbocycles. The van der Waals surface area contributed by atoms with E-state index in [1.54, 1.807) is 5.32 Å². The number of alkyl halides is 5. The standard InChI is InChI=1S/C19H19F6N3O3/c1-3-18(2,19(23,24)25)27-16(30)17(31)28-7-6-10(9-28)15(29)26-11-4-5-13(20)12(8-11)14(21)22/h3-5,8,10,14H,1,6-7,9H2,2H3,(H,26,29)(H,27,30)/t10-,18+/m0/s1. The molecule has 6 nitrogen and oxygen atoms in total. The molecule has 31 heavy (non-hydrogen) atoms. The highest BCUT2D eigenvalue weighted by atomic mass is 19.4. The number of likely N-dealkylation sites (tertiary alicyclic amines) is 1. The highest BCUT2D eigenvalue weighted by molar-refractivity contribution is 6.35. The number of rotatable bonds is 5. The van der Waals surface area contributed by atoms with Crippen LogP contribution in [0.1, 0.15) is 25.3 Å². The smallest absolute Gasteiger partial charge is 0.334 e. The predicted octanol–water partition coefficient (Wildman–Crippen LogP) is 3.17. The van der Waals surface area contributed by atoms with Gasteiger partial charge in [-0.05, 0) is 31.5 Å². The molecule has 2 N–H and O–H groups in total. The molecule has 0 radical (unpaired) electrons. The quantitative estimate of drug-likeness (QED) is 0.410. The molecule has 170 valence electrons. The molecule has 0 unspecified atom stereocenters. The number of hydrogen-bond donors (Lipinski definition) is 2. The molecule has 12 heteroatoms. The maximum atomic E-state index is 13.3. The number of carbonyl (C=O) groups excluding carboxylic acids is 3. The van der Waals surface area contributed by atoms with E-state index in [2.05, 4.69) is 11.9 Å². The zero-order valence-corrected chi connectivity index (χ0v) is 16.2. The van der Waals surface area contributed by atoms with Crippen LogP contribution in [-0.2, 0) is 14.4 Å². The first kappa shape index (κ1) is 24.2. The molecule has 0 aromatic heterocycles. The van der Waals surface area contributed by atoms with Crippen LogP contribution in [0.4, 0.5) is 32.0 Å². The number of nitrogens with one attached hydrogen (secondary N) is 2. The first-order valence-corrected chi connectivity index (χ1v) is 8.99. The molecule has 1 aliphatic heterocycles. The van der Waals surface area contributed by atoms with E-state index in [4.69, 9.17) is 0 Å². The number of carbonyl (C=O) groups is 3. The van der Waals surface area contributed by atoms with Crippen LogP contribution >= 0.6 is 0 Å². The second-order valence-electron chi connectivity index (χ2n) is 7.12. The summed E-state index contributed by atoms with van der Waals surface area (Å²) in [6, 6.07) is 2.62. The van der Waals surface area contributed by atoms with Crippen molar-refractivity contribution < 1.29 is 40.7 Å². The van der Waals surface area contributed by atoms with Gasteiger partial charge in [0.2, 0.25) is 5.91 Å². The fraction of sp³-hybridized carbons (Fsp3) is 0.421. The summed E-state index contributed by atoms with van der Waals surface area (Å²) >= 11 is 0. The van der Waals surface area contributed by atoms with Crippen LogP contribution in [0.25, 0.3) is 0 Å². The van der Waals surface area contributed by atoms with Gasteiger partial charge >= 0.3 is 18.0 Å². The Morgan fingerprint density at radius 3 is 2.45 bits per heavy atom. The van der Waals surface area contributed by atoms with Gasteiger partial charge in [0.25, 0.3) is 6.43 Å². The second kappa shape index (κ2) is 8.98. The van der Waals surface area contributed by atoms with Crippen LogP contribution in [0.5, 0.6) is 0 Å². The SMILES string of the molecule is C=C[C@@](C)(NC(=O)C(=O)N1CC[C@H](C(=O)Nc2ccc(F)c(C(F)F)c2)C1)C(F)(F)F. The molecular formula is C19H19F6N3O3. The lowest BCUT2D eigenvalue weighted by Gasteiger charge is -2.30. The number of benzene rings is 1. The van der Waals surface area contributed by atoms with Gasteiger partial charge in [-0.15, -0.1) is 6.58 Å². The largest absolute Gasteiger partial charge is 0.414 e. The number of halogens is 6. The molecule has 0 bridgehead atoms. The molecule has 1 aromatic rings. The molecule has 0 spiro atoms. The van der Waals surface area contributed by atoms with Crippen molar-refractivity contribution in [2.75, 3.05) is 18.4 Å². The summed E-state index contributed by atoms with van der Waals surface area (Å²) < 4.78 is 78.0. The van der Waals surface area contributed by atoms with Crippen LogP contribution in [0.3, 0.4) is 0 Å². The van der Waals surface area contributed by atoms with E-state index in [-0.39, 0.29) is 25.2 Å². The number of nitrogens with zero attached hydrogens (tertiary/aromatic N) is 1. The lowest BCUT2D eigenvalue weighted by molar-refractivity contribution is -0.181. The van der Waals surface area contributed by atoms with Crippen LogP contribution in [-0.4, -0.2) is 47.4 Å². The topological polar surface area (TPSA) is 78.5 Å². The summed E-state index contributed by atoms with van der Waals surface area (Å²) in [6.45, 7) is 3.32. The zero-order chi connectivity index (χ0) is 23.6. The van der Waals surface area contributed by atoms with Crippen molar-refractivity contribution in [1.82, 2.24) is 10.2 Å². The first-order valence-electron chi connectivity index (χ1n) is 8.99. The molecular weight excluding hydrogens is 432 g/mol. The van der Waals surface area contributed by atoms with Gasteiger partial charge < -0.3 is 15.5 Å². The highest BCUT2D eigenvalue weighted by Crippen LogP contribution is 2.31. The summed E-state index contributed by atoms with van der Waals surface area (Å²) in [5.41, 5.74) is -3.80. The van der Waals surface area contributed by atoms with Gasteiger partial charge in [-0.3, -0.25) is 14.4 Å². The second-order valence-corrected chi connectivity index (χ2v) is 7.12. The number of hydrogen-bond acceptors (Lipinski definition) is 3. The van der Waals surface area contributed by atoms with E-state index in [1.807, 2.05) is 0 Å². The van der Waals surface area contributed by atoms with Crippen LogP contribution in [0.15, 0.2) is 30.9 Å². The first-order chi connectivity index (χ1) is 14.3. The van der Waals surface area contributed by atoms with Crippen LogP contribution in [0, 0.1) is 11.7 Å². The minimum atomic E-state index is -4.88. The summed E-state index contributed by atoms with van der Waals surface area (Å²) in [4.78, 5) is 37.4. The molecule has 2 rings (SSSR count). The van der Waals surface area contributed by atoms with Crippen LogP contribution in [0.2, 0.25) is 0 Å². The maximum Gasteiger partial charge on any atom is 0.414 e. The minimum absolute atomic E-state index is 0.0765. The third kappa shape index (κ3) is 5.36. The molecule has 1 aliphatic rings. The normalized spacial score (nSPS) is 18.5. The van der Waals surface area contributed by atoms with Gasteiger partial charge in [0, 0.05) is 18.8 Å². The Morgan fingerprint density at radius 1 is 1.26 bits per heavy atom. The Morgan fingerprint density at radius 2 is 1.90 bits per heavy atom. The van der Waals surface area contributed by atoms with E-state index in [9.17, 15) is 40.7 Å². The number of amides is 3. The Labute approximate surface area is 173 Å². The van der Waals surface area contributed by atoms with Crippen molar-refractivity contribution in [3.05, 3.63) is 42.2 Å². The molecule has 1 fully saturated rings. The van der Waals surface area contributed by atoms with Gasteiger partial charge in [-0.2, -0.15) is 13.2 Å². The summed E-state index contributed by atoms with van der Waals surface area (Å²) in [5.74, 6) is -5.42. The summed E-state index contributed by atoms with van der Waals surface area (Å²) in [6.07, 6.45) is -7.43. The van der Waals surface area contributed by atoms with Crippen LogP contribution < -0.4 is 10.6 Å². The predicted molar refractivity (Wildman–Crippen MR) is 97.5 cm³/mol. The van der Waals surface area contributed by atoms with Crippen molar-refractivity contribution in [1.29, 1.82) is 0 Å². The van der Waals surface area contributed by atoms with Gasteiger partial charge in [0.05, 0.1) is 11.5 Å². The van der Waals surface area contributed by atoms with Gasteiger partial charge in [0.1, 0.15) is 5.82 Å². The van der Waals surface area contributed by atoms with Crippen molar-refractivity contribution in [3.63, 3.8) is 0 Å². The lowest BCUT2D eigenvalue weighted by Crippen LogP contribution is -2.58. The molecule has 1 heterocycles. The third-order valence-corrected chi connectivity index (χ3v) is 4.91. The summed E-state index contributed by atoms with van der Waals surface area (Å²) in [7, 11) is 0. The maximum absolute atomic E-state index is 13.3. The van der Waals surface area contributed by atoms with E-state index in [1.165, 1.54) is 0 Å². The Balaban J connectivity index is 2.00. The zero-order valence-electron chi connectivity index (χ0n) is 16.2. The molecule has 1 saturated heterocycles. The fourth-order valence-electron chi connectivity index (χ4n) is 2.86. The molecule has 2 atom stereocenters. The van der Waals surface area contributed by atoms with E-state index in [0.29, 0.717) is 13.0 Å². The van der Waals surface area contributed by atoms with E-state index < -0.39 is 53.2 Å². The molecule has 3 amide bonds. The number of anilines is 1. The highest BCUT2D eigenvalue weighted by Gasteiger charge is 2.51. The average Bonchev–Trinajstić information content (AvgIpc) is 3.17. The minimum Gasteiger partial charge on any atom is -0.334 e. The van der Waals surface area contributed by atoms with E-state index in [0.717, 1.165) is 23.1 Å². The fourth-order valence-corrected chi connectivity index (χ4v) is 2.86. The van der Waals surface area contributed by atoms with Crippen molar-refractivity contribution >= 4 is 23.4 Å². The Kier molecular flexibility index (Phi) is 7.02. The lowest BCUT2D eigenvalue weighted by atomic mass is 10.0. The third-order valence-electron chi connectivity index (χ3n) is 4.91. The molecule has 0 aliphatic carbocycles. The Hall–Kier alpha value is -3.05. The van der Waals surface area contributed by atoms with Gasteiger partial charge in [0.15, 0.2) is 5.54 Å². The molecule has 0 saturated carbocycles. The summed E-state index contributed by atoms with van der Waals surface area (Å²) in [5, 5.41) is 3.91. The van der Waals surface area contributed by atoms with Crippen molar-refractivity contribution in [2.24, 2.45) is 5.92 Å². The van der Waals surface area contributed by atoms with Crippen molar-refractivity contribution in [3.8, 4) is 0 Å². The van der Waals surface area contributed by atoms with Gasteiger partial charge in [-0.25, -0.2) is 13.2 Å². The average molecular weight is 451 g/mol. The Bertz CT molecular complexity index is 889.